The van der Waals surface area contributed by atoms with E-state index in [0.29, 0.717) is 0 Å². The van der Waals surface area contributed by atoms with Gasteiger partial charge in [0.2, 0.25) is 0 Å². The highest BCUT2D eigenvalue weighted by Gasteiger charge is 2.44. The van der Waals surface area contributed by atoms with Gasteiger partial charge in [-0.05, 0) is 29.8 Å². The van der Waals surface area contributed by atoms with Gasteiger partial charge in [-0.2, -0.15) is 0 Å². The molecule has 0 saturated carbocycles. The summed E-state index contributed by atoms with van der Waals surface area (Å²) in [5, 5.41) is -1.16. The van der Waals surface area contributed by atoms with E-state index in [1.54, 1.807) is 54.9 Å². The van der Waals surface area contributed by atoms with Crippen LogP contribution in [0.3, 0.4) is 0 Å². The highest BCUT2D eigenvalue weighted by Crippen LogP contribution is 2.45. The van der Waals surface area contributed by atoms with Crippen molar-refractivity contribution in [3.63, 3.8) is 0 Å². The van der Waals surface area contributed by atoms with Gasteiger partial charge in [0.15, 0.2) is 19.7 Å². The van der Waals surface area contributed by atoms with Gasteiger partial charge in [0, 0.05) is 18.0 Å². The number of ether oxygens (including phenoxy) is 1. The molecule has 0 radical (unpaired) electrons. The van der Waals surface area contributed by atoms with Gasteiger partial charge in [-0.3, -0.25) is 4.98 Å². The van der Waals surface area contributed by atoms with E-state index in [-0.39, 0.29) is 40.1 Å². The van der Waals surface area contributed by atoms with Crippen LogP contribution in [0.25, 0.3) is 0 Å². The number of hydrogen-bond acceptors (Lipinski definition) is 6. The first kappa shape index (κ1) is 21.3. The molecule has 0 N–H and O–H groups in total. The van der Waals surface area contributed by atoms with Crippen molar-refractivity contribution in [2.24, 2.45) is 0 Å². The van der Waals surface area contributed by atoms with Crippen LogP contribution in [0.5, 0.6) is 5.75 Å². The van der Waals surface area contributed by atoms with E-state index in [9.17, 15) is 16.8 Å². The van der Waals surface area contributed by atoms with Crippen molar-refractivity contribution in [2.45, 2.75) is 21.6 Å². The molecule has 0 amide bonds. The average molecular weight is 452 g/mol. The predicted octanol–water partition coefficient (Wildman–Crippen LogP) is 3.38. The molecule has 1 aliphatic heterocycles. The Balaban J connectivity index is 0.00000240. The van der Waals surface area contributed by atoms with Crippen molar-refractivity contribution in [1.82, 2.24) is 4.98 Å². The Hall–Kier alpha value is -2.42. The molecule has 6 nitrogen and oxygen atoms in total. The number of aromatic nitrogens is 1. The summed E-state index contributed by atoms with van der Waals surface area (Å²) in [4.78, 5) is 4.06. The Morgan fingerprint density at radius 3 is 2.45 bits per heavy atom. The van der Waals surface area contributed by atoms with Gasteiger partial charge in [-0.1, -0.05) is 36.4 Å². The minimum absolute atomic E-state index is 0. The Bertz CT molecular complexity index is 1210. The summed E-state index contributed by atoms with van der Waals surface area (Å²) in [6.07, 6.45) is 3.26. The van der Waals surface area contributed by atoms with Crippen LogP contribution in [0.2, 0.25) is 0 Å². The zero-order chi connectivity index (χ0) is 19.8. The topological polar surface area (TPSA) is 90.4 Å². The highest BCUT2D eigenvalue weighted by atomic mass is 35.5. The molecule has 1 aliphatic rings. The molecule has 2 aromatic carbocycles. The highest BCUT2D eigenvalue weighted by molar-refractivity contribution is 7.96. The second-order valence-corrected chi connectivity index (χ2v) is 10.6. The number of fused-ring (bicyclic) bond motifs is 1. The SMILES string of the molecule is Cl.O=S1(=O)CC(S(=O)(=O)c2ccccc2)c2cccc(OCc3cccnc3)c21. The van der Waals surface area contributed by atoms with Crippen LogP contribution in [0, 0.1) is 0 Å². The second kappa shape index (κ2) is 8.14. The largest absolute Gasteiger partial charge is 0.487 e. The van der Waals surface area contributed by atoms with Crippen molar-refractivity contribution < 1.29 is 21.6 Å². The first-order chi connectivity index (χ1) is 13.4. The molecule has 0 spiro atoms. The fraction of sp³-hybridized carbons (Fsp3) is 0.150. The zero-order valence-corrected chi connectivity index (χ0v) is 17.6. The molecule has 1 atom stereocenters. The molecule has 1 unspecified atom stereocenters. The van der Waals surface area contributed by atoms with E-state index in [1.807, 2.05) is 6.07 Å². The lowest BCUT2D eigenvalue weighted by Gasteiger charge is -2.13. The molecule has 2 heterocycles. The Labute approximate surface area is 175 Å². The molecule has 3 aromatic rings. The molecule has 9 heteroatoms. The second-order valence-electron chi connectivity index (χ2n) is 6.45. The third-order valence-electron chi connectivity index (χ3n) is 4.60. The fourth-order valence-electron chi connectivity index (χ4n) is 3.28. The van der Waals surface area contributed by atoms with E-state index in [1.165, 1.54) is 12.1 Å². The van der Waals surface area contributed by atoms with Crippen molar-refractivity contribution in [1.29, 1.82) is 0 Å². The normalized spacial score (nSPS) is 17.2. The molecule has 4 rings (SSSR count). The van der Waals surface area contributed by atoms with Crippen molar-refractivity contribution >= 4 is 32.1 Å². The van der Waals surface area contributed by atoms with E-state index in [2.05, 4.69) is 4.98 Å². The molecule has 152 valence electrons. The number of rotatable bonds is 5. The maximum absolute atomic E-state index is 13.1. The monoisotopic (exact) mass is 451 g/mol. The van der Waals surface area contributed by atoms with Gasteiger partial charge < -0.3 is 4.74 Å². The first-order valence-corrected chi connectivity index (χ1v) is 11.8. The van der Waals surface area contributed by atoms with Gasteiger partial charge in [-0.15, -0.1) is 12.4 Å². The third-order valence-corrected chi connectivity index (χ3v) is 8.74. The lowest BCUT2D eigenvalue weighted by Crippen LogP contribution is -2.15. The fourth-order valence-corrected chi connectivity index (χ4v) is 7.75. The van der Waals surface area contributed by atoms with Crippen LogP contribution in [-0.4, -0.2) is 27.6 Å². The molecular formula is C20H18ClNO5S2. The van der Waals surface area contributed by atoms with Crippen molar-refractivity contribution in [3.8, 4) is 5.75 Å². The van der Waals surface area contributed by atoms with E-state index in [4.69, 9.17) is 4.74 Å². The van der Waals surface area contributed by atoms with E-state index >= 15 is 0 Å². The maximum atomic E-state index is 13.1. The lowest BCUT2D eigenvalue weighted by atomic mass is 10.1. The van der Waals surface area contributed by atoms with Crippen LogP contribution in [0.15, 0.2) is 82.8 Å². The van der Waals surface area contributed by atoms with E-state index < -0.39 is 30.7 Å². The molecule has 0 saturated heterocycles. The number of halogens is 1. The number of nitrogens with zero attached hydrogens (tertiary/aromatic N) is 1. The third kappa shape index (κ3) is 4.01. The molecular weight excluding hydrogens is 434 g/mol. The number of sulfone groups is 2. The van der Waals surface area contributed by atoms with Gasteiger partial charge in [0.25, 0.3) is 0 Å². The van der Waals surface area contributed by atoms with Crippen LogP contribution < -0.4 is 4.74 Å². The van der Waals surface area contributed by atoms with Gasteiger partial charge >= 0.3 is 0 Å². The standard InChI is InChI=1S/C20H17NO5S2.ClH/c22-27(23)14-19(28(24,25)16-7-2-1-3-8-16)17-9-4-10-18(20(17)27)26-13-15-6-5-11-21-12-15;/h1-12,19H,13-14H2;1H. The molecule has 0 bridgehead atoms. The number of hydrogen-bond donors (Lipinski definition) is 0. The summed E-state index contributed by atoms with van der Waals surface area (Å²) < 4.78 is 57.5. The maximum Gasteiger partial charge on any atom is 0.186 e. The molecule has 1 aromatic heterocycles. The summed E-state index contributed by atoms with van der Waals surface area (Å²) in [5.74, 6) is -0.334. The summed E-state index contributed by atoms with van der Waals surface area (Å²) in [7, 11) is -7.65. The smallest absolute Gasteiger partial charge is 0.186 e. The minimum atomic E-state index is -3.85. The molecule has 0 fully saturated rings. The quantitative estimate of drug-likeness (QED) is 0.590. The van der Waals surface area contributed by atoms with Gasteiger partial charge in [0.1, 0.15) is 22.5 Å². The Morgan fingerprint density at radius 1 is 1.00 bits per heavy atom. The van der Waals surface area contributed by atoms with Crippen molar-refractivity contribution in [3.05, 3.63) is 84.2 Å². The van der Waals surface area contributed by atoms with Gasteiger partial charge in [-0.25, -0.2) is 16.8 Å². The van der Waals surface area contributed by atoms with Crippen LogP contribution in [0.4, 0.5) is 0 Å². The van der Waals surface area contributed by atoms with E-state index in [0.717, 1.165) is 5.56 Å². The Morgan fingerprint density at radius 2 is 1.76 bits per heavy atom. The Kier molecular flexibility index (Phi) is 5.97. The summed E-state index contributed by atoms with van der Waals surface area (Å²) in [5.41, 5.74) is 1.04. The first-order valence-electron chi connectivity index (χ1n) is 8.56. The molecule has 0 aliphatic carbocycles. The van der Waals surface area contributed by atoms with Gasteiger partial charge in [0.05, 0.1) is 10.6 Å². The van der Waals surface area contributed by atoms with Crippen LogP contribution >= 0.6 is 12.4 Å². The van der Waals surface area contributed by atoms with Crippen LogP contribution in [0.1, 0.15) is 16.4 Å². The summed E-state index contributed by atoms with van der Waals surface area (Å²) >= 11 is 0. The average Bonchev–Trinajstić information content (AvgIpc) is 3.00. The number of pyridine rings is 1. The summed E-state index contributed by atoms with van der Waals surface area (Å²) in [6.45, 7) is 0.135. The number of benzene rings is 2. The predicted molar refractivity (Wildman–Crippen MR) is 111 cm³/mol. The van der Waals surface area contributed by atoms with Crippen LogP contribution in [-0.2, 0) is 26.3 Å². The van der Waals surface area contributed by atoms with Crippen molar-refractivity contribution in [2.75, 3.05) is 5.75 Å². The summed E-state index contributed by atoms with van der Waals surface area (Å²) in [6, 6.07) is 16.2. The lowest BCUT2D eigenvalue weighted by molar-refractivity contribution is 0.297. The molecule has 29 heavy (non-hydrogen) atoms. The minimum Gasteiger partial charge on any atom is -0.487 e. The zero-order valence-electron chi connectivity index (χ0n) is 15.1.